The third-order valence-corrected chi connectivity index (χ3v) is 3.64. The van der Waals surface area contributed by atoms with Gasteiger partial charge in [-0.2, -0.15) is 0 Å². The lowest BCUT2D eigenvalue weighted by molar-refractivity contribution is -0.108. The van der Waals surface area contributed by atoms with Crippen molar-refractivity contribution < 1.29 is 14.2 Å². The van der Waals surface area contributed by atoms with E-state index in [0.29, 0.717) is 6.61 Å². The Morgan fingerprint density at radius 1 is 1.19 bits per heavy atom. The third kappa shape index (κ3) is 2.75. The summed E-state index contributed by atoms with van der Waals surface area (Å²) in [4.78, 5) is 9.06. The van der Waals surface area contributed by atoms with Gasteiger partial charge in [0.25, 0.3) is 0 Å². The van der Waals surface area contributed by atoms with Crippen LogP contribution in [0.3, 0.4) is 0 Å². The summed E-state index contributed by atoms with van der Waals surface area (Å²) in [6, 6.07) is 9.85. The van der Waals surface area contributed by atoms with Gasteiger partial charge in [-0.1, -0.05) is 18.2 Å². The van der Waals surface area contributed by atoms with E-state index < -0.39 is 6.29 Å². The average Bonchev–Trinajstić information content (AvgIpc) is 2.56. The van der Waals surface area contributed by atoms with E-state index in [1.807, 2.05) is 24.3 Å². The number of nitrogens with zero attached hydrogens (tertiary/aromatic N) is 2. The molecule has 5 nitrogen and oxygen atoms in total. The van der Waals surface area contributed by atoms with Gasteiger partial charge in [0.05, 0.1) is 18.2 Å². The minimum absolute atomic E-state index is 0.143. The quantitative estimate of drug-likeness (QED) is 0.809. The molecule has 110 valence electrons. The zero-order valence-electron chi connectivity index (χ0n) is 12.2. The molecule has 1 aliphatic heterocycles. The number of ether oxygens (including phenoxy) is 3. The highest BCUT2D eigenvalue weighted by atomic mass is 16.7. The Morgan fingerprint density at radius 2 is 2.00 bits per heavy atom. The maximum Gasteiger partial charge on any atom is 0.200 e. The molecule has 0 N–H and O–H groups in total. The van der Waals surface area contributed by atoms with Crippen LogP contribution in [-0.2, 0) is 9.47 Å². The maximum atomic E-state index is 5.69. The summed E-state index contributed by atoms with van der Waals surface area (Å²) in [6.45, 7) is 0.674. The predicted octanol–water partition coefficient (Wildman–Crippen LogP) is 2.68. The van der Waals surface area contributed by atoms with Crippen LogP contribution in [0, 0.1) is 0 Å². The molecule has 0 fully saturated rings. The van der Waals surface area contributed by atoms with Gasteiger partial charge in [0.1, 0.15) is 11.6 Å². The summed E-state index contributed by atoms with van der Waals surface area (Å²) in [5.74, 6) is 1.84. The molecule has 0 radical (unpaired) electrons. The normalized spacial score (nSPS) is 17.4. The molecular weight excluding hydrogens is 268 g/mol. The number of methoxy groups -OCH3 is 2. The Kier molecular flexibility index (Phi) is 4.13. The molecule has 0 spiro atoms. The van der Waals surface area contributed by atoms with Gasteiger partial charge in [-0.3, -0.25) is 0 Å². The monoisotopic (exact) mass is 286 g/mol. The van der Waals surface area contributed by atoms with Crippen molar-refractivity contribution in [3.05, 3.63) is 53.6 Å². The van der Waals surface area contributed by atoms with Gasteiger partial charge in [0.2, 0.25) is 6.29 Å². The molecule has 1 aromatic carbocycles. The van der Waals surface area contributed by atoms with Crippen molar-refractivity contribution in [2.75, 3.05) is 20.8 Å². The fourth-order valence-electron chi connectivity index (χ4n) is 2.64. The molecule has 21 heavy (non-hydrogen) atoms. The van der Waals surface area contributed by atoms with Gasteiger partial charge < -0.3 is 14.2 Å². The van der Waals surface area contributed by atoms with E-state index in [1.54, 1.807) is 20.4 Å². The lowest BCUT2D eigenvalue weighted by Gasteiger charge is -2.25. The Balaban J connectivity index is 1.96. The summed E-state index contributed by atoms with van der Waals surface area (Å²) >= 11 is 0. The number of para-hydroxylation sites is 1. The van der Waals surface area contributed by atoms with Gasteiger partial charge in [0.15, 0.2) is 0 Å². The van der Waals surface area contributed by atoms with Crippen LogP contribution in [0.2, 0.25) is 0 Å². The standard InChI is InChI=1S/C16H18N2O3/c1-19-16(20-2)13-7-9-17-15(18-13)12-8-10-21-14-6-4-3-5-11(12)14/h3-7,9,12,16H,8,10H2,1-2H3. The van der Waals surface area contributed by atoms with E-state index in [4.69, 9.17) is 14.2 Å². The first-order valence-corrected chi connectivity index (χ1v) is 6.93. The van der Waals surface area contributed by atoms with E-state index in [0.717, 1.165) is 29.3 Å². The van der Waals surface area contributed by atoms with Crippen molar-refractivity contribution in [1.29, 1.82) is 0 Å². The largest absolute Gasteiger partial charge is 0.493 e. The first kappa shape index (κ1) is 14.0. The lowest BCUT2D eigenvalue weighted by atomic mass is 9.92. The van der Waals surface area contributed by atoms with Crippen LogP contribution in [0.1, 0.15) is 35.7 Å². The zero-order chi connectivity index (χ0) is 14.7. The molecule has 2 aromatic rings. The number of fused-ring (bicyclic) bond motifs is 1. The Bertz CT molecular complexity index is 614. The number of benzene rings is 1. The highest BCUT2D eigenvalue weighted by molar-refractivity contribution is 5.40. The maximum absolute atomic E-state index is 5.69. The summed E-state index contributed by atoms with van der Waals surface area (Å²) < 4.78 is 16.2. The van der Waals surface area contributed by atoms with Gasteiger partial charge >= 0.3 is 0 Å². The van der Waals surface area contributed by atoms with Crippen LogP contribution < -0.4 is 4.74 Å². The smallest absolute Gasteiger partial charge is 0.200 e. The second kappa shape index (κ2) is 6.20. The minimum Gasteiger partial charge on any atom is -0.493 e. The lowest BCUT2D eigenvalue weighted by Crippen LogP contribution is -2.18. The van der Waals surface area contributed by atoms with Crippen LogP contribution in [0.15, 0.2) is 36.5 Å². The van der Waals surface area contributed by atoms with Crippen LogP contribution in [0.4, 0.5) is 0 Å². The van der Waals surface area contributed by atoms with Crippen molar-refractivity contribution in [3.8, 4) is 5.75 Å². The topological polar surface area (TPSA) is 53.5 Å². The van der Waals surface area contributed by atoms with Crippen molar-refractivity contribution in [2.24, 2.45) is 0 Å². The number of hydrogen-bond donors (Lipinski definition) is 0. The fraction of sp³-hybridized carbons (Fsp3) is 0.375. The highest BCUT2D eigenvalue weighted by Crippen LogP contribution is 2.36. The molecule has 1 aliphatic rings. The molecule has 0 bridgehead atoms. The molecule has 2 heterocycles. The zero-order valence-corrected chi connectivity index (χ0v) is 12.2. The van der Waals surface area contributed by atoms with Gasteiger partial charge in [-0.25, -0.2) is 9.97 Å². The van der Waals surface area contributed by atoms with E-state index in [1.165, 1.54) is 0 Å². The Hall–Kier alpha value is -1.98. The summed E-state index contributed by atoms with van der Waals surface area (Å²) in [5, 5.41) is 0. The Labute approximate surface area is 123 Å². The van der Waals surface area contributed by atoms with Crippen molar-refractivity contribution in [2.45, 2.75) is 18.6 Å². The average molecular weight is 286 g/mol. The van der Waals surface area contributed by atoms with Crippen LogP contribution in [-0.4, -0.2) is 30.8 Å². The van der Waals surface area contributed by atoms with Gasteiger partial charge in [-0.15, -0.1) is 0 Å². The second-order valence-electron chi connectivity index (χ2n) is 4.87. The first-order chi connectivity index (χ1) is 10.3. The molecule has 1 atom stereocenters. The molecule has 0 aliphatic carbocycles. The molecule has 3 rings (SSSR count). The molecule has 1 aromatic heterocycles. The van der Waals surface area contributed by atoms with Crippen LogP contribution in [0.5, 0.6) is 5.75 Å². The van der Waals surface area contributed by atoms with Crippen molar-refractivity contribution >= 4 is 0 Å². The van der Waals surface area contributed by atoms with Gasteiger partial charge in [-0.05, 0) is 18.6 Å². The minimum atomic E-state index is -0.471. The molecule has 1 unspecified atom stereocenters. The second-order valence-corrected chi connectivity index (χ2v) is 4.87. The number of aromatic nitrogens is 2. The number of rotatable bonds is 4. The third-order valence-electron chi connectivity index (χ3n) is 3.64. The number of hydrogen-bond acceptors (Lipinski definition) is 5. The van der Waals surface area contributed by atoms with Crippen LogP contribution in [0.25, 0.3) is 0 Å². The predicted molar refractivity (Wildman–Crippen MR) is 77.2 cm³/mol. The molecular formula is C16H18N2O3. The van der Waals surface area contributed by atoms with E-state index in [9.17, 15) is 0 Å². The van der Waals surface area contributed by atoms with Gasteiger partial charge in [0, 0.05) is 26.0 Å². The Morgan fingerprint density at radius 3 is 2.81 bits per heavy atom. The molecule has 5 heteroatoms. The molecule has 0 saturated carbocycles. The summed E-state index contributed by atoms with van der Waals surface area (Å²) in [5.41, 5.74) is 1.86. The summed E-state index contributed by atoms with van der Waals surface area (Å²) in [7, 11) is 3.19. The molecule has 0 amide bonds. The van der Waals surface area contributed by atoms with E-state index in [2.05, 4.69) is 16.0 Å². The summed E-state index contributed by atoms with van der Waals surface area (Å²) in [6.07, 6.45) is 2.15. The van der Waals surface area contributed by atoms with Crippen molar-refractivity contribution in [3.63, 3.8) is 0 Å². The highest BCUT2D eigenvalue weighted by Gasteiger charge is 2.25. The SMILES string of the molecule is COC(OC)c1ccnc(C2CCOc3ccccc32)n1. The molecule has 0 saturated heterocycles. The fourth-order valence-corrected chi connectivity index (χ4v) is 2.64. The van der Waals surface area contributed by atoms with E-state index in [-0.39, 0.29) is 5.92 Å². The van der Waals surface area contributed by atoms with E-state index >= 15 is 0 Å². The first-order valence-electron chi connectivity index (χ1n) is 6.93. The van der Waals surface area contributed by atoms with Crippen LogP contribution >= 0.6 is 0 Å². The van der Waals surface area contributed by atoms with Crippen molar-refractivity contribution in [1.82, 2.24) is 9.97 Å².